The van der Waals surface area contributed by atoms with Crippen LogP contribution in [0.5, 0.6) is 0 Å². The van der Waals surface area contributed by atoms with Gasteiger partial charge in [0.25, 0.3) is 0 Å². The minimum Gasteiger partial charge on any atom is -0.456 e. The number of benzene rings is 8. The van der Waals surface area contributed by atoms with Gasteiger partial charge in [-0.05, 0) is 69.8 Å². The van der Waals surface area contributed by atoms with Gasteiger partial charge in [0.2, 0.25) is 5.89 Å². The molecule has 0 N–H and O–H groups in total. The first-order chi connectivity index (χ1) is 28.7. The van der Waals surface area contributed by atoms with Crippen LogP contribution in [-0.4, -0.2) is 19.9 Å². The molecule has 11 rings (SSSR count). The summed E-state index contributed by atoms with van der Waals surface area (Å²) in [5.74, 6) is 2.37. The summed E-state index contributed by atoms with van der Waals surface area (Å²) in [7, 11) is 0. The first-order valence-corrected chi connectivity index (χ1v) is 19.2. The van der Waals surface area contributed by atoms with Gasteiger partial charge >= 0.3 is 0 Å². The Labute approximate surface area is 333 Å². The Balaban J connectivity index is 1.01. The Hall–Kier alpha value is -7.96. The maximum atomic E-state index is 6.59. The highest BCUT2D eigenvalue weighted by Gasteiger charge is 2.20. The molecule has 0 spiro atoms. The summed E-state index contributed by atoms with van der Waals surface area (Å²) >= 11 is 0. The Morgan fingerprint density at radius 1 is 0.293 bits per heavy atom. The lowest BCUT2D eigenvalue weighted by Crippen LogP contribution is -2.00. The van der Waals surface area contributed by atoms with Gasteiger partial charge in [-0.15, -0.1) is 0 Å². The third kappa shape index (κ3) is 5.92. The summed E-state index contributed by atoms with van der Waals surface area (Å²) in [6, 6.07) is 65.8. The molecule has 11 aromatic rings. The summed E-state index contributed by atoms with van der Waals surface area (Å²) in [4.78, 5) is 20.0. The zero-order chi connectivity index (χ0) is 38.4. The van der Waals surface area contributed by atoms with Gasteiger partial charge in [0, 0.05) is 33.0 Å². The predicted molar refractivity (Wildman–Crippen MR) is 233 cm³/mol. The Bertz CT molecular complexity index is 3220. The Kier molecular flexibility index (Phi) is 8.04. The molecule has 0 aliphatic heterocycles. The van der Waals surface area contributed by atoms with Crippen LogP contribution in [0.15, 0.2) is 203 Å². The second kappa shape index (κ2) is 14.0. The van der Waals surface area contributed by atoms with E-state index in [1.807, 2.05) is 97.1 Å². The van der Waals surface area contributed by atoms with Crippen molar-refractivity contribution in [3.8, 4) is 79.0 Å². The molecule has 58 heavy (non-hydrogen) atoms. The molecule has 0 amide bonds. The molecular weight excluding hydrogens is 713 g/mol. The molecule has 3 heterocycles. The van der Waals surface area contributed by atoms with Gasteiger partial charge in [-0.3, -0.25) is 0 Å². The minimum atomic E-state index is 0.577. The molecule has 6 nitrogen and oxygen atoms in total. The summed E-state index contributed by atoms with van der Waals surface area (Å²) in [6.07, 6.45) is 0. The van der Waals surface area contributed by atoms with E-state index in [0.717, 1.165) is 83.1 Å². The average molecular weight is 745 g/mol. The van der Waals surface area contributed by atoms with E-state index in [1.54, 1.807) is 0 Å². The maximum absolute atomic E-state index is 6.59. The highest BCUT2D eigenvalue weighted by atomic mass is 16.3. The number of hydrogen-bond acceptors (Lipinski definition) is 6. The van der Waals surface area contributed by atoms with Crippen LogP contribution in [0.4, 0.5) is 0 Å². The summed E-state index contributed by atoms with van der Waals surface area (Å²) in [6.45, 7) is 0. The first kappa shape index (κ1) is 33.4. The van der Waals surface area contributed by atoms with Gasteiger partial charge in [-0.25, -0.2) is 19.9 Å². The SMILES string of the molecule is c1ccc(-c2nc(-c3ccccc3)nc(-c3cccc4oc5ccc(-c6ccc7nc(-c8ccccc8-c8ccccc8-c8ccccc8)oc7c6)cc5c34)n2)cc1. The molecule has 0 aliphatic carbocycles. The molecule has 0 fully saturated rings. The fourth-order valence-electron chi connectivity index (χ4n) is 7.83. The molecule has 0 unspecified atom stereocenters. The van der Waals surface area contributed by atoms with Crippen LogP contribution in [0.1, 0.15) is 0 Å². The standard InChI is InChI=1S/C52H32N4O2/c1-4-15-33(16-5-1)38-21-10-11-22-39(38)40-23-12-13-24-41(40)52-53-44-29-27-37(32-47(44)58-52)36-28-30-45-43(31-36)48-42(25-14-26-46(48)57-45)51-55-49(34-17-6-2-7-18-34)54-50(56-51)35-19-8-3-9-20-35/h1-32H. The highest BCUT2D eigenvalue weighted by Crippen LogP contribution is 2.41. The number of oxazole rings is 1. The zero-order valence-corrected chi connectivity index (χ0v) is 31.1. The average Bonchev–Trinajstić information content (AvgIpc) is 3.91. The van der Waals surface area contributed by atoms with Gasteiger partial charge in [0.05, 0.1) is 0 Å². The van der Waals surface area contributed by atoms with E-state index < -0.39 is 0 Å². The first-order valence-electron chi connectivity index (χ1n) is 19.2. The number of fused-ring (bicyclic) bond motifs is 4. The maximum Gasteiger partial charge on any atom is 0.227 e. The van der Waals surface area contributed by atoms with Crippen molar-refractivity contribution in [1.82, 2.24) is 19.9 Å². The number of furan rings is 1. The van der Waals surface area contributed by atoms with E-state index >= 15 is 0 Å². The van der Waals surface area contributed by atoms with Crippen LogP contribution >= 0.6 is 0 Å². The van der Waals surface area contributed by atoms with Gasteiger partial charge in [-0.1, -0.05) is 158 Å². The van der Waals surface area contributed by atoms with E-state index in [0.29, 0.717) is 28.9 Å². The molecule has 0 saturated carbocycles. The summed E-state index contributed by atoms with van der Waals surface area (Å²) in [5, 5.41) is 1.91. The molecule has 0 aliphatic rings. The number of nitrogens with zero attached hydrogens (tertiary/aromatic N) is 4. The van der Waals surface area contributed by atoms with Gasteiger partial charge in [0.1, 0.15) is 16.7 Å². The molecule has 0 atom stereocenters. The van der Waals surface area contributed by atoms with Crippen LogP contribution in [0.25, 0.3) is 112 Å². The molecule has 3 aromatic heterocycles. The zero-order valence-electron chi connectivity index (χ0n) is 31.1. The summed E-state index contributed by atoms with van der Waals surface area (Å²) in [5.41, 5.74) is 13.2. The van der Waals surface area contributed by atoms with Crippen molar-refractivity contribution in [2.24, 2.45) is 0 Å². The van der Waals surface area contributed by atoms with Crippen molar-refractivity contribution in [2.75, 3.05) is 0 Å². The number of aromatic nitrogens is 4. The lowest BCUT2D eigenvalue weighted by Gasteiger charge is -2.12. The lowest BCUT2D eigenvalue weighted by atomic mass is 9.92. The van der Waals surface area contributed by atoms with E-state index in [9.17, 15) is 0 Å². The second-order valence-corrected chi connectivity index (χ2v) is 14.2. The quantitative estimate of drug-likeness (QED) is 0.162. The normalized spacial score (nSPS) is 11.4. The van der Waals surface area contributed by atoms with Crippen LogP contribution < -0.4 is 0 Å². The minimum absolute atomic E-state index is 0.577. The fraction of sp³-hybridized carbons (Fsp3) is 0. The van der Waals surface area contributed by atoms with E-state index in [4.69, 9.17) is 28.8 Å². The number of rotatable bonds is 7. The Morgan fingerprint density at radius 2 is 0.828 bits per heavy atom. The molecule has 6 heteroatoms. The van der Waals surface area contributed by atoms with Crippen LogP contribution in [0.3, 0.4) is 0 Å². The largest absolute Gasteiger partial charge is 0.456 e. The van der Waals surface area contributed by atoms with Crippen LogP contribution in [-0.2, 0) is 0 Å². The highest BCUT2D eigenvalue weighted by molar-refractivity contribution is 6.13. The van der Waals surface area contributed by atoms with Gasteiger partial charge < -0.3 is 8.83 Å². The lowest BCUT2D eigenvalue weighted by molar-refractivity contribution is 0.620. The van der Waals surface area contributed by atoms with Crippen molar-refractivity contribution in [3.05, 3.63) is 194 Å². The molecular formula is C52H32N4O2. The van der Waals surface area contributed by atoms with E-state index in [2.05, 4.69) is 97.1 Å². The van der Waals surface area contributed by atoms with Crippen molar-refractivity contribution in [3.63, 3.8) is 0 Å². The molecule has 0 bridgehead atoms. The van der Waals surface area contributed by atoms with Crippen molar-refractivity contribution in [1.29, 1.82) is 0 Å². The molecule has 8 aromatic carbocycles. The van der Waals surface area contributed by atoms with Crippen molar-refractivity contribution < 1.29 is 8.83 Å². The third-order valence-corrected chi connectivity index (χ3v) is 10.6. The van der Waals surface area contributed by atoms with E-state index in [1.165, 1.54) is 0 Å². The monoisotopic (exact) mass is 744 g/mol. The van der Waals surface area contributed by atoms with Gasteiger partial charge in [-0.2, -0.15) is 0 Å². The van der Waals surface area contributed by atoms with Gasteiger partial charge in [0.15, 0.2) is 23.1 Å². The van der Waals surface area contributed by atoms with Crippen molar-refractivity contribution in [2.45, 2.75) is 0 Å². The molecule has 0 radical (unpaired) electrons. The second-order valence-electron chi connectivity index (χ2n) is 14.2. The Morgan fingerprint density at radius 3 is 1.52 bits per heavy atom. The molecule has 272 valence electrons. The topological polar surface area (TPSA) is 77.8 Å². The molecule has 0 saturated heterocycles. The predicted octanol–water partition coefficient (Wildman–Crippen LogP) is 13.6. The fourth-order valence-corrected chi connectivity index (χ4v) is 7.83. The third-order valence-electron chi connectivity index (χ3n) is 10.6. The smallest absolute Gasteiger partial charge is 0.227 e. The van der Waals surface area contributed by atoms with Crippen LogP contribution in [0.2, 0.25) is 0 Å². The summed E-state index contributed by atoms with van der Waals surface area (Å²) < 4.78 is 13.0. The van der Waals surface area contributed by atoms with E-state index in [-0.39, 0.29) is 0 Å². The van der Waals surface area contributed by atoms with Crippen molar-refractivity contribution >= 4 is 33.0 Å². The van der Waals surface area contributed by atoms with Crippen LogP contribution in [0, 0.1) is 0 Å². The number of hydrogen-bond donors (Lipinski definition) is 0.